The molecule has 0 saturated heterocycles. The number of carbonyl (C=O) groups is 2. The van der Waals surface area contributed by atoms with E-state index < -0.39 is 0 Å². The fourth-order valence-corrected chi connectivity index (χ4v) is 2.41. The maximum absolute atomic E-state index is 12.2. The number of hydrogen-bond donors (Lipinski definition) is 2. The molecule has 6 heteroatoms. The van der Waals surface area contributed by atoms with Gasteiger partial charge in [0.25, 0.3) is 5.91 Å². The predicted octanol–water partition coefficient (Wildman–Crippen LogP) is 3.72. The van der Waals surface area contributed by atoms with Crippen molar-refractivity contribution in [3.63, 3.8) is 0 Å². The SMILES string of the molecule is Cc1ccc(C(=O)Nc2ccc(NC(=O)Cc3cc(C)no3)cc2)cc1. The van der Waals surface area contributed by atoms with E-state index in [1.54, 1.807) is 49.4 Å². The zero-order valence-corrected chi connectivity index (χ0v) is 14.6. The summed E-state index contributed by atoms with van der Waals surface area (Å²) < 4.78 is 5.03. The largest absolute Gasteiger partial charge is 0.361 e. The lowest BCUT2D eigenvalue weighted by Gasteiger charge is -2.08. The molecule has 2 amide bonds. The highest BCUT2D eigenvalue weighted by Gasteiger charge is 2.09. The summed E-state index contributed by atoms with van der Waals surface area (Å²) in [6.07, 6.45) is 0.118. The number of anilines is 2. The first-order chi connectivity index (χ1) is 12.5. The number of amides is 2. The number of aryl methyl sites for hydroxylation is 2. The first kappa shape index (κ1) is 17.4. The Morgan fingerprint density at radius 3 is 2.12 bits per heavy atom. The first-order valence-corrected chi connectivity index (χ1v) is 8.20. The molecule has 3 aromatic rings. The van der Waals surface area contributed by atoms with Gasteiger partial charge in [0.05, 0.1) is 12.1 Å². The van der Waals surface area contributed by atoms with Crippen molar-refractivity contribution >= 4 is 23.2 Å². The van der Waals surface area contributed by atoms with Crippen molar-refractivity contribution in [2.45, 2.75) is 20.3 Å². The zero-order chi connectivity index (χ0) is 18.5. The van der Waals surface area contributed by atoms with Gasteiger partial charge in [-0.25, -0.2) is 0 Å². The van der Waals surface area contributed by atoms with Crippen LogP contribution in [0.1, 0.15) is 27.4 Å². The topological polar surface area (TPSA) is 84.2 Å². The van der Waals surface area contributed by atoms with E-state index >= 15 is 0 Å². The molecule has 26 heavy (non-hydrogen) atoms. The molecule has 6 nitrogen and oxygen atoms in total. The Bertz CT molecular complexity index is 912. The van der Waals surface area contributed by atoms with Crippen molar-refractivity contribution < 1.29 is 14.1 Å². The van der Waals surface area contributed by atoms with Crippen LogP contribution in [0.3, 0.4) is 0 Å². The van der Waals surface area contributed by atoms with Crippen molar-refractivity contribution in [3.05, 3.63) is 77.2 Å². The molecule has 132 valence electrons. The standard InChI is InChI=1S/C20H19N3O3/c1-13-3-5-15(6-4-13)20(25)22-17-9-7-16(8-10-17)21-19(24)12-18-11-14(2)23-26-18/h3-11H,12H2,1-2H3,(H,21,24)(H,22,25). The van der Waals surface area contributed by atoms with E-state index in [1.807, 2.05) is 19.1 Å². The summed E-state index contributed by atoms with van der Waals surface area (Å²) in [5, 5.41) is 9.36. The Hall–Kier alpha value is -3.41. The van der Waals surface area contributed by atoms with Gasteiger partial charge in [0.1, 0.15) is 5.76 Å². The normalized spacial score (nSPS) is 10.4. The molecule has 3 rings (SSSR count). The predicted molar refractivity (Wildman–Crippen MR) is 99.1 cm³/mol. The molecule has 2 N–H and O–H groups in total. The van der Waals surface area contributed by atoms with Crippen LogP contribution in [0.2, 0.25) is 0 Å². The van der Waals surface area contributed by atoms with Gasteiger partial charge in [-0.15, -0.1) is 0 Å². The van der Waals surface area contributed by atoms with Gasteiger partial charge in [0.15, 0.2) is 0 Å². The molecule has 0 fully saturated rings. The number of nitrogens with one attached hydrogen (secondary N) is 2. The van der Waals surface area contributed by atoms with Crippen LogP contribution in [0, 0.1) is 13.8 Å². The minimum atomic E-state index is -0.197. The molecule has 2 aromatic carbocycles. The van der Waals surface area contributed by atoms with Crippen LogP contribution in [0.4, 0.5) is 11.4 Å². The van der Waals surface area contributed by atoms with Gasteiger partial charge in [0.2, 0.25) is 5.91 Å². The molecule has 0 aliphatic heterocycles. The van der Waals surface area contributed by atoms with E-state index in [9.17, 15) is 9.59 Å². The summed E-state index contributed by atoms with van der Waals surface area (Å²) in [4.78, 5) is 24.2. The molecule has 0 aliphatic carbocycles. The number of nitrogens with zero attached hydrogens (tertiary/aromatic N) is 1. The molecule has 0 bridgehead atoms. The summed E-state index contributed by atoms with van der Waals surface area (Å²) in [6, 6.07) is 16.0. The minimum Gasteiger partial charge on any atom is -0.361 e. The maximum Gasteiger partial charge on any atom is 0.255 e. The lowest BCUT2D eigenvalue weighted by atomic mass is 10.1. The second-order valence-electron chi connectivity index (χ2n) is 6.06. The highest BCUT2D eigenvalue weighted by atomic mass is 16.5. The second-order valence-corrected chi connectivity index (χ2v) is 6.06. The fraction of sp³-hybridized carbons (Fsp3) is 0.150. The maximum atomic E-state index is 12.2. The first-order valence-electron chi connectivity index (χ1n) is 8.20. The van der Waals surface area contributed by atoms with Crippen LogP contribution in [0.5, 0.6) is 0 Å². The number of hydrogen-bond acceptors (Lipinski definition) is 4. The Kier molecular flexibility index (Phi) is 5.12. The van der Waals surface area contributed by atoms with Crippen molar-refractivity contribution in [2.24, 2.45) is 0 Å². The van der Waals surface area contributed by atoms with Crippen LogP contribution in [0.25, 0.3) is 0 Å². The van der Waals surface area contributed by atoms with Crippen LogP contribution in [-0.4, -0.2) is 17.0 Å². The highest BCUT2D eigenvalue weighted by Crippen LogP contribution is 2.15. The molecule has 0 saturated carbocycles. The number of rotatable bonds is 5. The van der Waals surface area contributed by atoms with Gasteiger partial charge in [-0.05, 0) is 50.2 Å². The van der Waals surface area contributed by atoms with Gasteiger partial charge in [0, 0.05) is 23.0 Å². The van der Waals surface area contributed by atoms with E-state index in [-0.39, 0.29) is 18.2 Å². The van der Waals surface area contributed by atoms with Gasteiger partial charge < -0.3 is 15.2 Å². The van der Waals surface area contributed by atoms with Gasteiger partial charge in [-0.3, -0.25) is 9.59 Å². The third-order valence-corrected chi connectivity index (χ3v) is 3.75. The molecule has 1 aromatic heterocycles. The lowest BCUT2D eigenvalue weighted by Crippen LogP contribution is -2.14. The minimum absolute atomic E-state index is 0.118. The van der Waals surface area contributed by atoms with E-state index in [4.69, 9.17) is 4.52 Å². The Morgan fingerprint density at radius 2 is 1.54 bits per heavy atom. The second kappa shape index (κ2) is 7.65. The number of aromatic nitrogens is 1. The molecular formula is C20H19N3O3. The quantitative estimate of drug-likeness (QED) is 0.735. The summed E-state index contributed by atoms with van der Waals surface area (Å²) in [6.45, 7) is 3.77. The van der Waals surface area contributed by atoms with Crippen LogP contribution >= 0.6 is 0 Å². The average molecular weight is 349 g/mol. The van der Waals surface area contributed by atoms with Crippen molar-refractivity contribution in [2.75, 3.05) is 10.6 Å². The molecule has 0 aliphatic rings. The molecule has 0 spiro atoms. The lowest BCUT2D eigenvalue weighted by molar-refractivity contribution is -0.115. The monoisotopic (exact) mass is 349 g/mol. The Labute approximate surface area is 151 Å². The summed E-state index contributed by atoms with van der Waals surface area (Å²) >= 11 is 0. The van der Waals surface area contributed by atoms with Crippen molar-refractivity contribution in [3.8, 4) is 0 Å². The summed E-state index contributed by atoms with van der Waals surface area (Å²) in [5.74, 6) is 0.141. The molecule has 1 heterocycles. The molecule has 0 radical (unpaired) electrons. The third kappa shape index (κ3) is 4.57. The van der Waals surface area contributed by atoms with Crippen LogP contribution < -0.4 is 10.6 Å². The van der Waals surface area contributed by atoms with Gasteiger partial charge in [-0.2, -0.15) is 0 Å². The summed E-state index contributed by atoms with van der Waals surface area (Å²) in [7, 11) is 0. The zero-order valence-electron chi connectivity index (χ0n) is 14.6. The third-order valence-electron chi connectivity index (χ3n) is 3.75. The van der Waals surface area contributed by atoms with Crippen molar-refractivity contribution in [1.29, 1.82) is 0 Å². The number of benzene rings is 2. The Balaban J connectivity index is 1.56. The van der Waals surface area contributed by atoms with Gasteiger partial charge >= 0.3 is 0 Å². The summed E-state index contributed by atoms with van der Waals surface area (Å²) in [5.41, 5.74) is 3.72. The van der Waals surface area contributed by atoms with E-state index in [2.05, 4.69) is 15.8 Å². The van der Waals surface area contributed by atoms with Crippen LogP contribution in [0.15, 0.2) is 59.1 Å². The van der Waals surface area contributed by atoms with Crippen molar-refractivity contribution in [1.82, 2.24) is 5.16 Å². The van der Waals surface area contributed by atoms with E-state index in [1.165, 1.54) is 0 Å². The Morgan fingerprint density at radius 1 is 0.923 bits per heavy atom. The number of carbonyl (C=O) groups excluding carboxylic acids is 2. The fourth-order valence-electron chi connectivity index (χ4n) is 2.41. The smallest absolute Gasteiger partial charge is 0.255 e. The van der Waals surface area contributed by atoms with Gasteiger partial charge in [-0.1, -0.05) is 22.9 Å². The molecule has 0 unspecified atom stereocenters. The molecular weight excluding hydrogens is 330 g/mol. The molecule has 0 atom stereocenters. The average Bonchev–Trinajstić information content (AvgIpc) is 3.02. The van der Waals surface area contributed by atoms with E-state index in [0.29, 0.717) is 22.7 Å². The highest BCUT2D eigenvalue weighted by molar-refractivity contribution is 6.04. The van der Waals surface area contributed by atoms with Crippen LogP contribution in [-0.2, 0) is 11.2 Å². The van der Waals surface area contributed by atoms with E-state index in [0.717, 1.165) is 11.3 Å².